The molecule has 1 aliphatic rings. The molecule has 0 heterocycles. The van der Waals surface area contributed by atoms with Crippen LogP contribution >= 0.6 is 0 Å². The summed E-state index contributed by atoms with van der Waals surface area (Å²) in [4.78, 5) is 2.53. The second kappa shape index (κ2) is 7.24. The Morgan fingerprint density at radius 2 is 2.00 bits per heavy atom. The standard InChI is InChI=1S/C13H28N2/c1-4-10-15(5-2)11-9-14-13-8-6-7-12(13)3/h12-14H,4-11H2,1-3H3. The minimum absolute atomic E-state index is 0.797. The van der Waals surface area contributed by atoms with Gasteiger partial charge in [0.05, 0.1) is 0 Å². The summed E-state index contributed by atoms with van der Waals surface area (Å²) < 4.78 is 0. The number of nitrogens with zero attached hydrogens (tertiary/aromatic N) is 1. The van der Waals surface area contributed by atoms with Crippen molar-refractivity contribution < 1.29 is 0 Å². The van der Waals surface area contributed by atoms with Crippen LogP contribution in [0.15, 0.2) is 0 Å². The van der Waals surface area contributed by atoms with E-state index in [0.717, 1.165) is 12.0 Å². The first kappa shape index (κ1) is 13.0. The smallest absolute Gasteiger partial charge is 0.0107 e. The first-order valence-corrected chi connectivity index (χ1v) is 6.73. The Bertz CT molecular complexity index is 159. The van der Waals surface area contributed by atoms with Gasteiger partial charge in [-0.15, -0.1) is 0 Å². The van der Waals surface area contributed by atoms with Crippen LogP contribution in [0.1, 0.15) is 46.5 Å². The zero-order valence-corrected chi connectivity index (χ0v) is 10.8. The molecule has 0 radical (unpaired) electrons. The van der Waals surface area contributed by atoms with Crippen molar-refractivity contribution in [2.75, 3.05) is 26.2 Å². The molecule has 1 aliphatic carbocycles. The zero-order valence-electron chi connectivity index (χ0n) is 10.8. The number of hydrogen-bond acceptors (Lipinski definition) is 2. The molecule has 0 aromatic carbocycles. The maximum Gasteiger partial charge on any atom is 0.0107 e. The van der Waals surface area contributed by atoms with E-state index in [4.69, 9.17) is 0 Å². The van der Waals surface area contributed by atoms with Crippen LogP contribution in [-0.2, 0) is 0 Å². The summed E-state index contributed by atoms with van der Waals surface area (Å²) in [6.45, 7) is 11.7. The number of nitrogens with one attached hydrogen (secondary N) is 1. The molecule has 1 N–H and O–H groups in total. The second-order valence-corrected chi connectivity index (χ2v) is 4.90. The second-order valence-electron chi connectivity index (χ2n) is 4.90. The van der Waals surface area contributed by atoms with Crippen molar-refractivity contribution in [1.29, 1.82) is 0 Å². The minimum Gasteiger partial charge on any atom is -0.312 e. The molecule has 2 atom stereocenters. The summed E-state index contributed by atoms with van der Waals surface area (Å²) in [6, 6.07) is 0.797. The molecule has 2 heteroatoms. The van der Waals surface area contributed by atoms with Crippen LogP contribution in [-0.4, -0.2) is 37.1 Å². The Kier molecular flexibility index (Phi) is 6.26. The van der Waals surface area contributed by atoms with E-state index in [2.05, 4.69) is 31.0 Å². The van der Waals surface area contributed by atoms with E-state index in [-0.39, 0.29) is 0 Å². The van der Waals surface area contributed by atoms with Gasteiger partial charge in [0.1, 0.15) is 0 Å². The van der Waals surface area contributed by atoms with Crippen LogP contribution in [0.2, 0.25) is 0 Å². The Morgan fingerprint density at radius 3 is 2.53 bits per heavy atom. The average molecular weight is 212 g/mol. The normalized spacial score (nSPS) is 26.4. The van der Waals surface area contributed by atoms with E-state index < -0.39 is 0 Å². The first-order valence-electron chi connectivity index (χ1n) is 6.73. The Labute approximate surface area is 95.4 Å². The molecule has 0 bridgehead atoms. The van der Waals surface area contributed by atoms with Gasteiger partial charge >= 0.3 is 0 Å². The average Bonchev–Trinajstić information content (AvgIpc) is 2.63. The SMILES string of the molecule is CCCN(CC)CCNC1CCCC1C. The molecule has 0 saturated heterocycles. The molecule has 2 unspecified atom stereocenters. The van der Waals surface area contributed by atoms with Gasteiger partial charge in [-0.1, -0.05) is 27.2 Å². The maximum atomic E-state index is 3.71. The van der Waals surface area contributed by atoms with Gasteiger partial charge in [0, 0.05) is 19.1 Å². The molecule has 0 spiro atoms. The van der Waals surface area contributed by atoms with E-state index in [1.165, 1.54) is 51.9 Å². The van der Waals surface area contributed by atoms with Crippen LogP contribution in [0.3, 0.4) is 0 Å². The Morgan fingerprint density at radius 1 is 1.20 bits per heavy atom. The molecule has 0 amide bonds. The molecule has 0 aliphatic heterocycles. The molecule has 0 aromatic rings. The van der Waals surface area contributed by atoms with Gasteiger partial charge in [-0.2, -0.15) is 0 Å². The van der Waals surface area contributed by atoms with Crippen LogP contribution in [0, 0.1) is 5.92 Å². The molecule has 15 heavy (non-hydrogen) atoms. The third-order valence-electron chi connectivity index (χ3n) is 3.68. The molecule has 0 aromatic heterocycles. The van der Waals surface area contributed by atoms with Crippen LogP contribution < -0.4 is 5.32 Å². The number of likely N-dealkylation sites (N-methyl/N-ethyl adjacent to an activating group) is 1. The third-order valence-corrected chi connectivity index (χ3v) is 3.68. The van der Waals surface area contributed by atoms with Gasteiger partial charge in [-0.25, -0.2) is 0 Å². The van der Waals surface area contributed by atoms with Crippen molar-refractivity contribution in [1.82, 2.24) is 10.2 Å². The van der Waals surface area contributed by atoms with Gasteiger partial charge in [0.25, 0.3) is 0 Å². The summed E-state index contributed by atoms with van der Waals surface area (Å²) in [5.74, 6) is 0.895. The number of rotatable bonds is 7. The molecule has 1 rings (SSSR count). The highest BCUT2D eigenvalue weighted by Gasteiger charge is 2.22. The summed E-state index contributed by atoms with van der Waals surface area (Å²) in [5, 5.41) is 3.71. The predicted octanol–water partition coefficient (Wildman–Crippen LogP) is 2.50. The lowest BCUT2D eigenvalue weighted by Crippen LogP contribution is -2.38. The van der Waals surface area contributed by atoms with Gasteiger partial charge in [-0.3, -0.25) is 0 Å². The highest BCUT2D eigenvalue weighted by atomic mass is 15.1. The van der Waals surface area contributed by atoms with E-state index in [1.54, 1.807) is 0 Å². The van der Waals surface area contributed by atoms with Crippen molar-refractivity contribution in [3.8, 4) is 0 Å². The first-order chi connectivity index (χ1) is 7.27. The van der Waals surface area contributed by atoms with Crippen LogP contribution in [0.5, 0.6) is 0 Å². The van der Waals surface area contributed by atoms with Crippen LogP contribution in [0.25, 0.3) is 0 Å². The maximum absolute atomic E-state index is 3.71. The highest BCUT2D eigenvalue weighted by molar-refractivity contribution is 4.80. The lowest BCUT2D eigenvalue weighted by Gasteiger charge is -2.22. The number of hydrogen-bond donors (Lipinski definition) is 1. The molecule has 90 valence electrons. The lowest BCUT2D eigenvalue weighted by atomic mass is 10.1. The van der Waals surface area contributed by atoms with Crippen molar-refractivity contribution in [3.63, 3.8) is 0 Å². The summed E-state index contributed by atoms with van der Waals surface area (Å²) >= 11 is 0. The Hall–Kier alpha value is -0.0800. The van der Waals surface area contributed by atoms with Crippen molar-refractivity contribution in [2.24, 2.45) is 5.92 Å². The van der Waals surface area contributed by atoms with Crippen molar-refractivity contribution in [3.05, 3.63) is 0 Å². The predicted molar refractivity (Wildman–Crippen MR) is 67.2 cm³/mol. The summed E-state index contributed by atoms with van der Waals surface area (Å²) in [5.41, 5.74) is 0. The van der Waals surface area contributed by atoms with Crippen LogP contribution in [0.4, 0.5) is 0 Å². The fourth-order valence-electron chi connectivity index (χ4n) is 2.60. The fourth-order valence-corrected chi connectivity index (χ4v) is 2.60. The fraction of sp³-hybridized carbons (Fsp3) is 1.00. The minimum atomic E-state index is 0.797. The van der Waals surface area contributed by atoms with E-state index in [0.29, 0.717) is 0 Å². The molecule has 1 saturated carbocycles. The van der Waals surface area contributed by atoms with Crippen molar-refractivity contribution >= 4 is 0 Å². The van der Waals surface area contributed by atoms with Crippen molar-refractivity contribution in [2.45, 2.75) is 52.5 Å². The lowest BCUT2D eigenvalue weighted by molar-refractivity contribution is 0.277. The molecule has 1 fully saturated rings. The van der Waals surface area contributed by atoms with Gasteiger partial charge in [0.15, 0.2) is 0 Å². The highest BCUT2D eigenvalue weighted by Crippen LogP contribution is 2.24. The Balaban J connectivity index is 2.08. The topological polar surface area (TPSA) is 15.3 Å². The molecular formula is C13H28N2. The van der Waals surface area contributed by atoms with Gasteiger partial charge in [-0.05, 0) is 38.3 Å². The van der Waals surface area contributed by atoms with E-state index >= 15 is 0 Å². The van der Waals surface area contributed by atoms with E-state index in [1.807, 2.05) is 0 Å². The summed E-state index contributed by atoms with van der Waals surface area (Å²) in [6.07, 6.45) is 5.50. The quantitative estimate of drug-likeness (QED) is 0.697. The van der Waals surface area contributed by atoms with Gasteiger partial charge in [0.2, 0.25) is 0 Å². The van der Waals surface area contributed by atoms with Gasteiger partial charge < -0.3 is 10.2 Å². The molecular weight excluding hydrogens is 184 g/mol. The third kappa shape index (κ3) is 4.52. The molecule has 2 nitrogen and oxygen atoms in total. The summed E-state index contributed by atoms with van der Waals surface area (Å²) in [7, 11) is 0. The zero-order chi connectivity index (χ0) is 11.1. The van der Waals surface area contributed by atoms with E-state index in [9.17, 15) is 0 Å². The monoisotopic (exact) mass is 212 g/mol. The largest absolute Gasteiger partial charge is 0.312 e.